The predicted molar refractivity (Wildman–Crippen MR) is 74.1 cm³/mol. The molecule has 0 bridgehead atoms. The van der Waals surface area contributed by atoms with E-state index in [1.165, 1.54) is 17.3 Å². The van der Waals surface area contributed by atoms with Gasteiger partial charge >= 0.3 is 5.97 Å². The van der Waals surface area contributed by atoms with Crippen molar-refractivity contribution in [2.24, 2.45) is 0 Å². The van der Waals surface area contributed by atoms with Crippen LogP contribution in [0.25, 0.3) is 0 Å². The Kier molecular flexibility index (Phi) is 3.39. The smallest absolute Gasteiger partial charge is 0.327 e. The van der Waals surface area contributed by atoms with Crippen molar-refractivity contribution in [3.63, 3.8) is 0 Å². The number of carbonyl (C=O) groups is 2. The Morgan fingerprint density at radius 3 is 2.90 bits per heavy atom. The molecule has 108 valence electrons. The molecule has 7 heteroatoms. The minimum atomic E-state index is -1.04. The molecule has 0 atom stereocenters. The van der Waals surface area contributed by atoms with Crippen molar-refractivity contribution < 1.29 is 14.7 Å². The van der Waals surface area contributed by atoms with E-state index in [2.05, 4.69) is 15.5 Å². The van der Waals surface area contributed by atoms with Crippen LogP contribution in [0.2, 0.25) is 0 Å². The molecule has 0 unspecified atom stereocenters. The lowest BCUT2D eigenvalue weighted by molar-refractivity contribution is -0.138. The number of hydrogen-bond acceptors (Lipinski definition) is 4. The van der Waals surface area contributed by atoms with E-state index < -0.39 is 5.97 Å². The molecule has 0 radical (unpaired) electrons. The molecular formula is C14H14N4O3. The number of anilines is 1. The van der Waals surface area contributed by atoms with E-state index in [9.17, 15) is 9.59 Å². The van der Waals surface area contributed by atoms with E-state index in [4.69, 9.17) is 5.11 Å². The molecule has 0 saturated carbocycles. The molecule has 1 aromatic heterocycles. The summed E-state index contributed by atoms with van der Waals surface area (Å²) >= 11 is 0. The summed E-state index contributed by atoms with van der Waals surface area (Å²) in [5, 5.41) is 18.9. The highest BCUT2D eigenvalue weighted by Gasteiger charge is 2.15. The summed E-state index contributed by atoms with van der Waals surface area (Å²) in [4.78, 5) is 23.7. The molecule has 1 aromatic carbocycles. The van der Waals surface area contributed by atoms with Gasteiger partial charge in [-0.3, -0.25) is 9.59 Å². The lowest BCUT2D eigenvalue weighted by Gasteiger charge is -2.04. The zero-order chi connectivity index (χ0) is 14.8. The topological polar surface area (TPSA) is 97.1 Å². The van der Waals surface area contributed by atoms with Gasteiger partial charge in [-0.25, -0.2) is 0 Å². The van der Waals surface area contributed by atoms with E-state index >= 15 is 0 Å². The first-order valence-electron chi connectivity index (χ1n) is 6.67. The van der Waals surface area contributed by atoms with Gasteiger partial charge in [0.25, 0.3) is 5.91 Å². The van der Waals surface area contributed by atoms with Crippen molar-refractivity contribution in [1.82, 2.24) is 15.0 Å². The number of nitrogens with zero attached hydrogens (tertiary/aromatic N) is 3. The Labute approximate surface area is 120 Å². The van der Waals surface area contributed by atoms with Gasteiger partial charge in [-0.05, 0) is 42.5 Å². The van der Waals surface area contributed by atoms with Gasteiger partial charge in [0.15, 0.2) is 12.4 Å². The number of carboxylic acids is 1. The standard InChI is InChI=1S/C14H14N4O3/c19-13(20)8-18-15-7-12(17-18)16-14(21)11-5-4-9-2-1-3-10(9)6-11/h4-7H,1-3,8H2,(H,19,20)(H,16,17,21). The number of carbonyl (C=O) groups excluding carboxylic acids is 1. The van der Waals surface area contributed by atoms with Crippen molar-refractivity contribution >= 4 is 17.7 Å². The van der Waals surface area contributed by atoms with E-state index in [1.807, 2.05) is 12.1 Å². The number of aryl methyl sites for hydroxylation is 2. The molecule has 2 N–H and O–H groups in total. The average Bonchev–Trinajstić information content (AvgIpc) is 3.06. The van der Waals surface area contributed by atoms with Gasteiger partial charge in [-0.2, -0.15) is 9.90 Å². The van der Waals surface area contributed by atoms with Crippen LogP contribution in [0.4, 0.5) is 5.82 Å². The maximum atomic E-state index is 12.1. The predicted octanol–water partition coefficient (Wildman–Crippen LogP) is 1.10. The first kappa shape index (κ1) is 13.3. The number of aromatic nitrogens is 3. The molecule has 0 saturated heterocycles. The molecular weight excluding hydrogens is 272 g/mol. The number of hydrogen-bond donors (Lipinski definition) is 2. The summed E-state index contributed by atoms with van der Waals surface area (Å²) < 4.78 is 0. The Balaban J connectivity index is 1.71. The third-order valence-electron chi connectivity index (χ3n) is 3.42. The van der Waals surface area contributed by atoms with Crippen LogP contribution >= 0.6 is 0 Å². The van der Waals surface area contributed by atoms with E-state index in [-0.39, 0.29) is 18.3 Å². The fraction of sp³-hybridized carbons (Fsp3) is 0.286. The molecule has 2 aromatic rings. The van der Waals surface area contributed by atoms with Crippen molar-refractivity contribution in [3.8, 4) is 0 Å². The fourth-order valence-corrected chi connectivity index (χ4v) is 2.45. The Hall–Kier alpha value is -2.70. The zero-order valence-corrected chi connectivity index (χ0v) is 11.2. The van der Waals surface area contributed by atoms with Gasteiger partial charge in [0.1, 0.15) is 0 Å². The first-order chi connectivity index (χ1) is 10.1. The van der Waals surface area contributed by atoms with Crippen LogP contribution in [0.15, 0.2) is 24.4 Å². The van der Waals surface area contributed by atoms with Crippen LogP contribution in [0.5, 0.6) is 0 Å². The number of nitrogens with one attached hydrogen (secondary N) is 1. The third kappa shape index (κ3) is 2.91. The number of benzene rings is 1. The van der Waals surface area contributed by atoms with Crippen LogP contribution in [0, 0.1) is 0 Å². The number of aliphatic carboxylic acids is 1. The van der Waals surface area contributed by atoms with E-state index in [1.54, 1.807) is 6.07 Å². The second kappa shape index (κ2) is 5.35. The molecule has 1 aliphatic carbocycles. The van der Waals surface area contributed by atoms with Gasteiger partial charge < -0.3 is 10.4 Å². The summed E-state index contributed by atoms with van der Waals surface area (Å²) in [6, 6.07) is 5.68. The highest BCUT2D eigenvalue weighted by Crippen LogP contribution is 2.23. The second-order valence-corrected chi connectivity index (χ2v) is 4.95. The molecule has 7 nitrogen and oxygen atoms in total. The Morgan fingerprint density at radius 1 is 1.29 bits per heavy atom. The van der Waals surface area contributed by atoms with Gasteiger partial charge in [0.05, 0.1) is 6.20 Å². The SMILES string of the molecule is O=C(O)Cn1ncc(NC(=O)c2ccc3c(c2)CCC3)n1. The first-order valence-corrected chi connectivity index (χ1v) is 6.67. The van der Waals surface area contributed by atoms with Gasteiger partial charge in [-0.1, -0.05) is 6.07 Å². The van der Waals surface area contributed by atoms with Crippen molar-refractivity contribution in [1.29, 1.82) is 0 Å². The molecule has 1 heterocycles. The fourth-order valence-electron chi connectivity index (χ4n) is 2.45. The lowest BCUT2D eigenvalue weighted by atomic mass is 10.1. The molecule has 3 rings (SSSR count). The van der Waals surface area contributed by atoms with E-state index in [0.717, 1.165) is 24.1 Å². The molecule has 0 aliphatic heterocycles. The lowest BCUT2D eigenvalue weighted by Crippen LogP contribution is -2.14. The monoisotopic (exact) mass is 286 g/mol. The molecule has 0 fully saturated rings. The van der Waals surface area contributed by atoms with Gasteiger partial charge in [0.2, 0.25) is 0 Å². The summed E-state index contributed by atoms with van der Waals surface area (Å²) in [7, 11) is 0. The largest absolute Gasteiger partial charge is 0.480 e. The number of fused-ring (bicyclic) bond motifs is 1. The molecule has 1 aliphatic rings. The zero-order valence-electron chi connectivity index (χ0n) is 11.2. The Morgan fingerprint density at radius 2 is 2.10 bits per heavy atom. The van der Waals surface area contributed by atoms with Crippen LogP contribution in [0.3, 0.4) is 0 Å². The van der Waals surface area contributed by atoms with Crippen molar-refractivity contribution in [3.05, 3.63) is 41.1 Å². The van der Waals surface area contributed by atoms with Crippen LogP contribution in [0.1, 0.15) is 27.9 Å². The summed E-state index contributed by atoms with van der Waals surface area (Å²) in [6.45, 7) is -0.339. The molecule has 21 heavy (non-hydrogen) atoms. The Bertz CT molecular complexity index is 708. The maximum absolute atomic E-state index is 12.1. The highest BCUT2D eigenvalue weighted by molar-refractivity contribution is 6.03. The summed E-state index contributed by atoms with van der Waals surface area (Å²) in [6.07, 6.45) is 4.53. The normalized spacial score (nSPS) is 13.0. The minimum Gasteiger partial charge on any atom is -0.480 e. The number of rotatable bonds is 4. The summed E-state index contributed by atoms with van der Waals surface area (Å²) in [5.74, 6) is -1.07. The van der Waals surface area contributed by atoms with Gasteiger partial charge in [0, 0.05) is 5.56 Å². The number of amides is 1. The summed E-state index contributed by atoms with van der Waals surface area (Å²) in [5.41, 5.74) is 3.10. The van der Waals surface area contributed by atoms with Gasteiger partial charge in [-0.15, -0.1) is 5.10 Å². The number of carboxylic acid groups (broad SMARTS) is 1. The minimum absolute atomic E-state index is 0.238. The molecule has 0 spiro atoms. The third-order valence-corrected chi connectivity index (χ3v) is 3.42. The maximum Gasteiger partial charge on any atom is 0.327 e. The van der Waals surface area contributed by atoms with Crippen LogP contribution < -0.4 is 5.32 Å². The quantitative estimate of drug-likeness (QED) is 0.877. The van der Waals surface area contributed by atoms with E-state index in [0.29, 0.717) is 5.56 Å². The highest BCUT2D eigenvalue weighted by atomic mass is 16.4. The van der Waals surface area contributed by atoms with Crippen LogP contribution in [-0.4, -0.2) is 32.0 Å². The second-order valence-electron chi connectivity index (χ2n) is 4.95. The average molecular weight is 286 g/mol. The van der Waals surface area contributed by atoms with Crippen molar-refractivity contribution in [2.45, 2.75) is 25.8 Å². The van der Waals surface area contributed by atoms with Crippen molar-refractivity contribution in [2.75, 3.05) is 5.32 Å². The molecule has 1 amide bonds. The van der Waals surface area contributed by atoms with Crippen LogP contribution in [-0.2, 0) is 24.2 Å².